The van der Waals surface area contributed by atoms with Crippen LogP contribution in [0.15, 0.2) is 0 Å². The maximum atomic E-state index is 11.7. The van der Waals surface area contributed by atoms with Crippen LogP contribution in [0.2, 0.25) is 0 Å². The van der Waals surface area contributed by atoms with E-state index in [-0.39, 0.29) is 18.2 Å². The van der Waals surface area contributed by atoms with Gasteiger partial charge in [0.2, 0.25) is 0 Å². The number of piperidine rings is 1. The smallest absolute Gasteiger partial charge is 0.308 e. The van der Waals surface area contributed by atoms with Crippen molar-refractivity contribution >= 4 is 5.97 Å². The number of methoxy groups -OCH3 is 2. The third-order valence-corrected chi connectivity index (χ3v) is 9.11. The minimum absolute atomic E-state index is 0.0212. The van der Waals surface area contributed by atoms with E-state index in [1.54, 1.807) is 0 Å². The topological polar surface area (TPSA) is 74.9 Å². The van der Waals surface area contributed by atoms with Crippen LogP contribution >= 0.6 is 0 Å². The van der Waals surface area contributed by atoms with Crippen molar-refractivity contribution in [3.8, 4) is 0 Å². The van der Waals surface area contributed by atoms with Crippen molar-refractivity contribution in [2.45, 2.75) is 89.1 Å². The summed E-state index contributed by atoms with van der Waals surface area (Å²) in [6.45, 7) is 5.55. The molecule has 0 amide bonds. The number of rotatable bonds is 8. The standard InChI is InChI=1S/C26H48N4O3/c1-32-24-9-5-20(6-10-24)22-17-27-26(28-18-22)29-23-7-3-19(4-8-23)11-14-30-15-12-21(13-16-30)25(31)33-2/h19-24,26-29H,3-18H2,1-2H3. The van der Waals surface area contributed by atoms with Crippen LogP contribution in [-0.4, -0.2) is 76.2 Å². The molecule has 7 heteroatoms. The van der Waals surface area contributed by atoms with E-state index >= 15 is 0 Å². The van der Waals surface area contributed by atoms with Gasteiger partial charge in [-0.3, -0.25) is 20.7 Å². The molecule has 0 atom stereocenters. The molecule has 2 saturated carbocycles. The molecule has 0 aromatic carbocycles. The number of nitrogens with one attached hydrogen (secondary N) is 3. The van der Waals surface area contributed by atoms with Crippen LogP contribution in [0.1, 0.15) is 70.6 Å². The summed E-state index contributed by atoms with van der Waals surface area (Å²) in [5.41, 5.74) is 0. The molecular weight excluding hydrogens is 416 g/mol. The Bertz CT molecular complexity index is 574. The lowest BCUT2D eigenvalue weighted by molar-refractivity contribution is -0.147. The van der Waals surface area contributed by atoms with Gasteiger partial charge in [-0.15, -0.1) is 0 Å². The van der Waals surface area contributed by atoms with E-state index in [9.17, 15) is 4.79 Å². The third-order valence-electron chi connectivity index (χ3n) is 9.11. The van der Waals surface area contributed by atoms with Gasteiger partial charge in [0.25, 0.3) is 0 Å². The van der Waals surface area contributed by atoms with Gasteiger partial charge in [0.05, 0.1) is 19.1 Å². The number of nitrogens with zero attached hydrogens (tertiary/aromatic N) is 1. The highest BCUT2D eigenvalue weighted by Crippen LogP contribution is 2.32. The van der Waals surface area contributed by atoms with Crippen LogP contribution in [-0.2, 0) is 14.3 Å². The predicted octanol–water partition coefficient (Wildman–Crippen LogP) is 2.71. The quantitative estimate of drug-likeness (QED) is 0.477. The molecule has 0 aromatic heterocycles. The number of esters is 1. The largest absolute Gasteiger partial charge is 0.469 e. The van der Waals surface area contributed by atoms with Crippen molar-refractivity contribution in [1.29, 1.82) is 0 Å². The first-order valence-corrected chi connectivity index (χ1v) is 13.7. The molecule has 0 unspecified atom stereocenters. The molecule has 0 radical (unpaired) electrons. The fourth-order valence-electron chi connectivity index (χ4n) is 6.71. The van der Waals surface area contributed by atoms with Gasteiger partial charge in [-0.2, -0.15) is 0 Å². The monoisotopic (exact) mass is 464 g/mol. The molecule has 4 aliphatic rings. The molecule has 0 bridgehead atoms. The molecule has 4 fully saturated rings. The van der Waals surface area contributed by atoms with Crippen molar-refractivity contribution in [2.24, 2.45) is 23.7 Å². The van der Waals surface area contributed by atoms with Gasteiger partial charge in [-0.1, -0.05) is 0 Å². The number of hydrogen-bond acceptors (Lipinski definition) is 7. The van der Waals surface area contributed by atoms with Gasteiger partial charge in [0.15, 0.2) is 0 Å². The first kappa shape index (κ1) is 25.4. The summed E-state index contributed by atoms with van der Waals surface area (Å²) in [4.78, 5) is 14.3. The summed E-state index contributed by atoms with van der Waals surface area (Å²) < 4.78 is 10.4. The van der Waals surface area contributed by atoms with Crippen LogP contribution in [0.3, 0.4) is 0 Å². The average Bonchev–Trinajstić information content (AvgIpc) is 2.88. The van der Waals surface area contributed by atoms with E-state index in [0.717, 1.165) is 56.8 Å². The molecule has 7 nitrogen and oxygen atoms in total. The van der Waals surface area contributed by atoms with Gasteiger partial charge >= 0.3 is 5.97 Å². The number of likely N-dealkylation sites (tertiary alicyclic amines) is 1. The van der Waals surface area contributed by atoms with Crippen LogP contribution in [0.25, 0.3) is 0 Å². The zero-order valence-electron chi connectivity index (χ0n) is 21.0. The van der Waals surface area contributed by atoms with Crippen molar-refractivity contribution < 1.29 is 14.3 Å². The van der Waals surface area contributed by atoms with E-state index in [1.807, 2.05) is 7.11 Å². The second-order valence-electron chi connectivity index (χ2n) is 11.1. The minimum Gasteiger partial charge on any atom is -0.469 e. The fraction of sp³-hybridized carbons (Fsp3) is 0.962. The van der Waals surface area contributed by atoms with Crippen LogP contribution < -0.4 is 16.0 Å². The summed E-state index contributed by atoms with van der Waals surface area (Å²) in [5.74, 6) is 2.57. The van der Waals surface area contributed by atoms with Crippen LogP contribution in [0, 0.1) is 23.7 Å². The number of hydrogen-bond donors (Lipinski definition) is 3. The van der Waals surface area contributed by atoms with E-state index in [1.165, 1.54) is 71.4 Å². The zero-order chi connectivity index (χ0) is 23.0. The van der Waals surface area contributed by atoms with Gasteiger partial charge < -0.3 is 14.4 Å². The van der Waals surface area contributed by atoms with Gasteiger partial charge in [0.1, 0.15) is 6.29 Å². The maximum Gasteiger partial charge on any atom is 0.308 e. The molecule has 4 rings (SSSR count). The minimum atomic E-state index is -0.0212. The molecule has 0 spiro atoms. The molecule has 2 aliphatic carbocycles. The Kier molecular flexibility index (Phi) is 9.86. The molecule has 2 aliphatic heterocycles. The molecular formula is C26H48N4O3. The lowest BCUT2D eigenvalue weighted by Crippen LogP contribution is -2.63. The molecule has 0 aromatic rings. The molecule has 3 N–H and O–H groups in total. The first-order chi connectivity index (χ1) is 16.1. The average molecular weight is 465 g/mol. The Labute approximate surface area is 201 Å². The van der Waals surface area contributed by atoms with Crippen molar-refractivity contribution in [2.75, 3.05) is 46.9 Å². The van der Waals surface area contributed by atoms with Gasteiger partial charge in [-0.25, -0.2) is 0 Å². The summed E-state index contributed by atoms with van der Waals surface area (Å²) in [5, 5.41) is 11.3. The Balaban J connectivity index is 1.06. The number of carbonyl (C=O) groups excluding carboxylic acids is 1. The lowest BCUT2D eigenvalue weighted by atomic mass is 9.78. The Hall–Kier alpha value is -0.730. The van der Waals surface area contributed by atoms with E-state index < -0.39 is 0 Å². The molecule has 33 heavy (non-hydrogen) atoms. The highest BCUT2D eigenvalue weighted by Gasteiger charge is 2.32. The Morgan fingerprint density at radius 2 is 1.55 bits per heavy atom. The normalized spacial score (nSPS) is 37.0. The highest BCUT2D eigenvalue weighted by atomic mass is 16.5. The summed E-state index contributed by atoms with van der Waals surface area (Å²) in [6.07, 6.45) is 14.4. The maximum absolute atomic E-state index is 11.7. The summed E-state index contributed by atoms with van der Waals surface area (Å²) in [7, 11) is 3.36. The third kappa shape index (κ3) is 7.38. The highest BCUT2D eigenvalue weighted by molar-refractivity contribution is 5.72. The van der Waals surface area contributed by atoms with Crippen LogP contribution in [0.4, 0.5) is 0 Å². The van der Waals surface area contributed by atoms with Crippen molar-refractivity contribution in [3.05, 3.63) is 0 Å². The molecule has 2 heterocycles. The van der Waals surface area contributed by atoms with Crippen molar-refractivity contribution in [3.63, 3.8) is 0 Å². The summed E-state index contributed by atoms with van der Waals surface area (Å²) in [6, 6.07) is 0.635. The van der Waals surface area contributed by atoms with E-state index in [0.29, 0.717) is 12.1 Å². The van der Waals surface area contributed by atoms with E-state index in [4.69, 9.17) is 9.47 Å². The second-order valence-corrected chi connectivity index (χ2v) is 11.1. The Morgan fingerprint density at radius 1 is 0.879 bits per heavy atom. The summed E-state index contributed by atoms with van der Waals surface area (Å²) >= 11 is 0. The van der Waals surface area contributed by atoms with Crippen LogP contribution in [0.5, 0.6) is 0 Å². The predicted molar refractivity (Wildman–Crippen MR) is 131 cm³/mol. The second kappa shape index (κ2) is 12.8. The van der Waals surface area contributed by atoms with E-state index in [2.05, 4.69) is 20.9 Å². The van der Waals surface area contributed by atoms with Crippen molar-refractivity contribution in [1.82, 2.24) is 20.9 Å². The Morgan fingerprint density at radius 3 is 2.15 bits per heavy atom. The SMILES string of the molecule is COC(=O)C1CCN(CCC2CCC(NC3NCC(C4CCC(OC)CC4)CN3)CC2)CC1. The number of ether oxygens (including phenoxy) is 2. The van der Waals surface area contributed by atoms with Gasteiger partial charge in [0, 0.05) is 26.2 Å². The zero-order valence-corrected chi connectivity index (χ0v) is 21.0. The molecule has 2 saturated heterocycles. The molecule has 190 valence electrons. The lowest BCUT2D eigenvalue weighted by Gasteiger charge is -2.40. The number of carbonyl (C=O) groups is 1. The van der Waals surface area contributed by atoms with Gasteiger partial charge in [-0.05, 0) is 108 Å². The fourth-order valence-corrected chi connectivity index (χ4v) is 6.71. The first-order valence-electron chi connectivity index (χ1n) is 13.7.